The summed E-state index contributed by atoms with van der Waals surface area (Å²) in [4.78, 5) is 20.7. The Hall–Kier alpha value is -1.85. The Balaban J connectivity index is 1.45. The number of ether oxygens (including phenoxy) is 1. The largest absolute Gasteiger partial charge is 0.378 e. The van der Waals surface area contributed by atoms with Gasteiger partial charge in [-0.05, 0) is 43.8 Å². The summed E-state index contributed by atoms with van der Waals surface area (Å²) >= 11 is 0. The van der Waals surface area contributed by atoms with Crippen molar-refractivity contribution < 1.29 is 9.53 Å². The number of hydrogen-bond acceptors (Lipinski definition) is 3. The van der Waals surface area contributed by atoms with Crippen LogP contribution < -0.4 is 0 Å². The smallest absolute Gasteiger partial charge is 0.239 e. The van der Waals surface area contributed by atoms with Crippen LogP contribution in [0, 0.1) is 0 Å². The minimum Gasteiger partial charge on any atom is -0.378 e. The number of para-hydroxylation sites is 1. The van der Waals surface area contributed by atoms with Gasteiger partial charge in [-0.15, -0.1) is 0 Å². The van der Waals surface area contributed by atoms with Gasteiger partial charge in [0.1, 0.15) is 0 Å². The van der Waals surface area contributed by atoms with Gasteiger partial charge in [0.25, 0.3) is 0 Å². The lowest BCUT2D eigenvalue weighted by atomic mass is 9.93. The zero-order valence-electron chi connectivity index (χ0n) is 14.9. The van der Waals surface area contributed by atoms with Crippen LogP contribution >= 0.6 is 0 Å². The van der Waals surface area contributed by atoms with Crippen LogP contribution in [-0.4, -0.2) is 66.1 Å². The van der Waals surface area contributed by atoms with Crippen LogP contribution in [0.5, 0.6) is 0 Å². The average molecular weight is 341 g/mol. The molecule has 3 heterocycles. The van der Waals surface area contributed by atoms with Crippen LogP contribution in [0.3, 0.4) is 0 Å². The number of hydrogen-bond donors (Lipinski definition) is 1. The average Bonchev–Trinajstić information content (AvgIpc) is 3.12. The van der Waals surface area contributed by atoms with Crippen molar-refractivity contribution >= 4 is 16.8 Å². The summed E-state index contributed by atoms with van der Waals surface area (Å²) < 4.78 is 5.37. The van der Waals surface area contributed by atoms with Gasteiger partial charge >= 0.3 is 0 Å². The van der Waals surface area contributed by atoms with Gasteiger partial charge in [-0.25, -0.2) is 0 Å². The molecule has 1 aromatic heterocycles. The van der Waals surface area contributed by atoms with E-state index in [1.54, 1.807) is 0 Å². The standard InChI is InChI=1S/C20H27N3O2/c1-15(20(24)22-9-11-25-12-10-22)23-8-4-6-17(14-23)19-13-16-5-2-3-7-18(16)21-19/h2-3,5,7,13,15,17,21H,4,6,8-12,14H2,1H3/t15-,17+/m0/s1. The molecule has 5 heteroatoms. The lowest BCUT2D eigenvalue weighted by Crippen LogP contribution is -2.52. The molecule has 0 radical (unpaired) electrons. The normalized spacial score (nSPS) is 23.7. The van der Waals surface area contributed by atoms with Crippen molar-refractivity contribution in [1.82, 2.24) is 14.8 Å². The minimum atomic E-state index is -0.0507. The van der Waals surface area contributed by atoms with Crippen molar-refractivity contribution in [1.29, 1.82) is 0 Å². The van der Waals surface area contributed by atoms with E-state index < -0.39 is 0 Å². The zero-order valence-corrected chi connectivity index (χ0v) is 14.9. The third-order valence-corrected chi connectivity index (χ3v) is 5.67. The Bertz CT molecular complexity index is 702. The quantitative estimate of drug-likeness (QED) is 0.933. The van der Waals surface area contributed by atoms with Crippen molar-refractivity contribution in [3.05, 3.63) is 36.0 Å². The molecule has 2 fully saturated rings. The van der Waals surface area contributed by atoms with Crippen LogP contribution in [0.1, 0.15) is 31.4 Å². The summed E-state index contributed by atoms with van der Waals surface area (Å²) in [7, 11) is 0. The number of benzene rings is 1. The van der Waals surface area contributed by atoms with Crippen molar-refractivity contribution in [2.75, 3.05) is 39.4 Å². The molecule has 0 bridgehead atoms. The molecule has 0 aliphatic carbocycles. The number of aromatic nitrogens is 1. The van der Waals surface area contributed by atoms with Gasteiger partial charge < -0.3 is 14.6 Å². The Labute approximate surface area is 148 Å². The maximum Gasteiger partial charge on any atom is 0.239 e. The van der Waals surface area contributed by atoms with E-state index in [1.165, 1.54) is 23.0 Å². The monoisotopic (exact) mass is 341 g/mol. The molecule has 2 aliphatic rings. The maximum atomic E-state index is 12.8. The number of fused-ring (bicyclic) bond motifs is 1. The first-order valence-electron chi connectivity index (χ1n) is 9.40. The molecule has 1 aromatic carbocycles. The third-order valence-electron chi connectivity index (χ3n) is 5.67. The number of morpholine rings is 1. The molecule has 134 valence electrons. The molecule has 1 amide bonds. The Morgan fingerprint density at radius 3 is 2.84 bits per heavy atom. The van der Waals surface area contributed by atoms with Crippen molar-refractivity contribution in [3.63, 3.8) is 0 Å². The Morgan fingerprint density at radius 2 is 2.04 bits per heavy atom. The predicted octanol–water partition coefficient (Wildman–Crippen LogP) is 2.59. The third kappa shape index (κ3) is 3.44. The molecular formula is C20H27N3O2. The van der Waals surface area contributed by atoms with Crippen LogP contribution in [0.4, 0.5) is 0 Å². The topological polar surface area (TPSA) is 48.6 Å². The van der Waals surface area contributed by atoms with E-state index in [0.29, 0.717) is 19.1 Å². The summed E-state index contributed by atoms with van der Waals surface area (Å²) in [6.07, 6.45) is 2.32. The highest BCUT2D eigenvalue weighted by molar-refractivity contribution is 5.82. The van der Waals surface area contributed by atoms with E-state index >= 15 is 0 Å². The molecule has 2 saturated heterocycles. The van der Waals surface area contributed by atoms with Crippen molar-refractivity contribution in [2.24, 2.45) is 0 Å². The second-order valence-electron chi connectivity index (χ2n) is 7.26. The minimum absolute atomic E-state index is 0.0507. The fourth-order valence-electron chi connectivity index (χ4n) is 4.13. The van der Waals surface area contributed by atoms with Gasteiger partial charge in [0.2, 0.25) is 5.91 Å². The van der Waals surface area contributed by atoms with E-state index in [1.807, 2.05) is 4.90 Å². The molecule has 2 atom stereocenters. The fraction of sp³-hybridized carbons (Fsp3) is 0.550. The van der Waals surface area contributed by atoms with E-state index in [0.717, 1.165) is 32.6 Å². The lowest BCUT2D eigenvalue weighted by Gasteiger charge is -2.38. The predicted molar refractivity (Wildman–Crippen MR) is 98.7 cm³/mol. The number of carbonyl (C=O) groups is 1. The highest BCUT2D eigenvalue weighted by atomic mass is 16.5. The van der Waals surface area contributed by atoms with Crippen LogP contribution in [0.2, 0.25) is 0 Å². The number of piperidine rings is 1. The highest BCUT2D eigenvalue weighted by Crippen LogP contribution is 2.30. The first-order chi connectivity index (χ1) is 12.2. The number of H-pyrrole nitrogens is 1. The molecule has 2 aromatic rings. The van der Waals surface area contributed by atoms with Crippen LogP contribution in [0.25, 0.3) is 10.9 Å². The molecular weight excluding hydrogens is 314 g/mol. The molecule has 1 N–H and O–H groups in total. The number of nitrogens with zero attached hydrogens (tertiary/aromatic N) is 2. The number of nitrogens with one attached hydrogen (secondary N) is 1. The summed E-state index contributed by atoms with van der Waals surface area (Å²) in [5.74, 6) is 0.724. The van der Waals surface area contributed by atoms with Gasteiger partial charge in [-0.2, -0.15) is 0 Å². The van der Waals surface area contributed by atoms with Gasteiger partial charge in [0.15, 0.2) is 0 Å². The molecule has 0 spiro atoms. The van der Waals surface area contributed by atoms with E-state index in [9.17, 15) is 4.79 Å². The lowest BCUT2D eigenvalue weighted by molar-refractivity contribution is -0.141. The van der Waals surface area contributed by atoms with Gasteiger partial charge in [-0.1, -0.05) is 18.2 Å². The van der Waals surface area contributed by atoms with Gasteiger partial charge in [-0.3, -0.25) is 9.69 Å². The van der Waals surface area contributed by atoms with E-state index in [2.05, 4.69) is 47.1 Å². The molecule has 0 saturated carbocycles. The molecule has 4 rings (SSSR count). The maximum absolute atomic E-state index is 12.8. The highest BCUT2D eigenvalue weighted by Gasteiger charge is 2.31. The summed E-state index contributed by atoms with van der Waals surface area (Å²) in [6, 6.07) is 10.7. The Kier molecular flexibility index (Phi) is 4.77. The summed E-state index contributed by atoms with van der Waals surface area (Å²) in [5, 5.41) is 1.27. The van der Waals surface area contributed by atoms with Gasteiger partial charge in [0, 0.05) is 36.8 Å². The SMILES string of the molecule is C[C@@H](C(=O)N1CCOCC1)N1CCC[C@@H](c2cc3ccccc3[nH]2)C1. The van der Waals surface area contributed by atoms with Crippen molar-refractivity contribution in [3.8, 4) is 0 Å². The van der Waals surface area contributed by atoms with Crippen LogP contribution in [-0.2, 0) is 9.53 Å². The number of carbonyl (C=O) groups excluding carboxylic acids is 1. The molecule has 2 aliphatic heterocycles. The Morgan fingerprint density at radius 1 is 1.24 bits per heavy atom. The first kappa shape index (κ1) is 16.6. The second-order valence-corrected chi connectivity index (χ2v) is 7.26. The van der Waals surface area contributed by atoms with Crippen LogP contribution in [0.15, 0.2) is 30.3 Å². The van der Waals surface area contributed by atoms with E-state index in [4.69, 9.17) is 4.74 Å². The van der Waals surface area contributed by atoms with Crippen molar-refractivity contribution in [2.45, 2.75) is 31.7 Å². The van der Waals surface area contributed by atoms with E-state index in [-0.39, 0.29) is 11.9 Å². The molecule has 25 heavy (non-hydrogen) atoms. The number of likely N-dealkylation sites (tertiary alicyclic amines) is 1. The fourth-order valence-corrected chi connectivity index (χ4v) is 4.13. The number of amides is 1. The molecule has 5 nitrogen and oxygen atoms in total. The number of rotatable bonds is 3. The summed E-state index contributed by atoms with van der Waals surface area (Å²) in [5.41, 5.74) is 2.50. The number of aromatic amines is 1. The molecule has 0 unspecified atom stereocenters. The first-order valence-corrected chi connectivity index (χ1v) is 9.40. The second kappa shape index (κ2) is 7.18. The summed E-state index contributed by atoms with van der Waals surface area (Å²) in [6.45, 7) is 6.79. The van der Waals surface area contributed by atoms with Gasteiger partial charge in [0.05, 0.1) is 19.3 Å². The zero-order chi connectivity index (χ0) is 17.2.